The minimum Gasteiger partial charge on any atom is -0.493 e. The maximum absolute atomic E-state index is 12.8. The van der Waals surface area contributed by atoms with Crippen LogP contribution in [0.3, 0.4) is 0 Å². The highest BCUT2D eigenvalue weighted by Crippen LogP contribution is 2.40. The molecule has 3 N–H and O–H groups in total. The maximum Gasteiger partial charge on any atom is 0.168 e. The topological polar surface area (TPSA) is 73.2 Å². The summed E-state index contributed by atoms with van der Waals surface area (Å²) in [5.74, 6) is 1.36. The Bertz CT molecular complexity index is 554. The molecule has 0 aliphatic heterocycles. The second kappa shape index (κ2) is 4.95. The minimum absolute atomic E-state index is 0.395. The van der Waals surface area contributed by atoms with E-state index in [-0.39, 0.29) is 0 Å². The standard InChI is InChI=1S/C12H14FN3O2/c1-17-10-4-7(5-13)3-8(11(10)18-2)9-6-15-16-12(9)14/h3-4,6H,5H2,1-2H3,(H3,14,15,16). The van der Waals surface area contributed by atoms with Gasteiger partial charge in [0, 0.05) is 11.1 Å². The van der Waals surface area contributed by atoms with E-state index in [2.05, 4.69) is 10.2 Å². The highest BCUT2D eigenvalue weighted by atomic mass is 19.1. The van der Waals surface area contributed by atoms with E-state index >= 15 is 0 Å². The Morgan fingerprint density at radius 3 is 2.56 bits per heavy atom. The first-order valence-electron chi connectivity index (χ1n) is 5.31. The Morgan fingerprint density at radius 2 is 2.06 bits per heavy atom. The Labute approximate surface area is 104 Å². The van der Waals surface area contributed by atoms with Gasteiger partial charge in [0.1, 0.15) is 12.5 Å². The van der Waals surface area contributed by atoms with Gasteiger partial charge < -0.3 is 15.2 Å². The molecular weight excluding hydrogens is 237 g/mol. The number of nitrogens with two attached hydrogens (primary N) is 1. The summed E-state index contributed by atoms with van der Waals surface area (Å²) >= 11 is 0. The summed E-state index contributed by atoms with van der Waals surface area (Å²) in [4.78, 5) is 0. The van der Waals surface area contributed by atoms with Gasteiger partial charge in [0.2, 0.25) is 0 Å². The quantitative estimate of drug-likeness (QED) is 0.873. The van der Waals surface area contributed by atoms with Crippen LogP contribution in [-0.2, 0) is 6.67 Å². The number of benzene rings is 1. The van der Waals surface area contributed by atoms with E-state index in [1.165, 1.54) is 14.2 Å². The lowest BCUT2D eigenvalue weighted by Gasteiger charge is -2.13. The zero-order valence-corrected chi connectivity index (χ0v) is 10.2. The molecule has 5 nitrogen and oxygen atoms in total. The van der Waals surface area contributed by atoms with Crippen molar-refractivity contribution >= 4 is 5.82 Å². The van der Waals surface area contributed by atoms with Crippen LogP contribution in [0, 0.1) is 0 Å². The predicted octanol–water partition coefficient (Wildman–Crippen LogP) is 2.15. The van der Waals surface area contributed by atoms with E-state index in [1.54, 1.807) is 18.3 Å². The molecule has 1 heterocycles. The number of anilines is 1. The molecule has 18 heavy (non-hydrogen) atoms. The highest BCUT2D eigenvalue weighted by Gasteiger charge is 2.17. The zero-order chi connectivity index (χ0) is 13.1. The Balaban J connectivity index is 2.67. The third kappa shape index (κ3) is 1.97. The molecule has 0 atom stereocenters. The zero-order valence-electron chi connectivity index (χ0n) is 10.2. The number of halogens is 1. The molecule has 0 unspecified atom stereocenters. The molecule has 0 aliphatic rings. The SMILES string of the molecule is COc1cc(CF)cc(-c2cn[nH]c2N)c1OC. The van der Waals surface area contributed by atoms with Crippen LogP contribution in [0.2, 0.25) is 0 Å². The van der Waals surface area contributed by atoms with Crippen molar-refractivity contribution in [2.75, 3.05) is 20.0 Å². The van der Waals surface area contributed by atoms with Gasteiger partial charge in [0.25, 0.3) is 0 Å². The highest BCUT2D eigenvalue weighted by molar-refractivity contribution is 5.80. The van der Waals surface area contributed by atoms with Gasteiger partial charge in [-0.05, 0) is 17.7 Å². The number of nitrogens with zero attached hydrogens (tertiary/aromatic N) is 1. The van der Waals surface area contributed by atoms with Gasteiger partial charge >= 0.3 is 0 Å². The van der Waals surface area contributed by atoms with Crippen LogP contribution in [0.15, 0.2) is 18.3 Å². The molecule has 0 spiro atoms. The van der Waals surface area contributed by atoms with Crippen LogP contribution in [0.5, 0.6) is 11.5 Å². The normalized spacial score (nSPS) is 10.4. The average Bonchev–Trinajstić information content (AvgIpc) is 2.83. The molecule has 0 amide bonds. The molecular formula is C12H14FN3O2. The summed E-state index contributed by atoms with van der Waals surface area (Å²) in [5.41, 5.74) is 7.56. The predicted molar refractivity (Wildman–Crippen MR) is 66.4 cm³/mol. The molecule has 96 valence electrons. The van der Waals surface area contributed by atoms with Gasteiger partial charge in [-0.2, -0.15) is 5.10 Å². The lowest BCUT2D eigenvalue weighted by atomic mass is 10.0. The molecule has 2 rings (SSSR count). The molecule has 6 heteroatoms. The largest absolute Gasteiger partial charge is 0.493 e. The lowest BCUT2D eigenvalue weighted by Crippen LogP contribution is -1.96. The molecule has 0 saturated carbocycles. The van der Waals surface area contributed by atoms with Crippen molar-refractivity contribution < 1.29 is 13.9 Å². The minimum atomic E-state index is -0.592. The number of nitrogen functional groups attached to an aromatic ring is 1. The summed E-state index contributed by atoms with van der Waals surface area (Å²) in [6, 6.07) is 3.27. The number of alkyl halides is 1. The van der Waals surface area contributed by atoms with E-state index in [1.807, 2.05) is 0 Å². The number of hydrogen-bond donors (Lipinski definition) is 2. The van der Waals surface area contributed by atoms with Crippen LogP contribution in [-0.4, -0.2) is 24.4 Å². The lowest BCUT2D eigenvalue weighted by molar-refractivity contribution is 0.354. The van der Waals surface area contributed by atoms with Crippen molar-refractivity contribution in [1.82, 2.24) is 10.2 Å². The van der Waals surface area contributed by atoms with Gasteiger partial charge in [0.05, 0.1) is 20.4 Å². The number of methoxy groups -OCH3 is 2. The first kappa shape index (κ1) is 12.2. The van der Waals surface area contributed by atoms with Crippen LogP contribution in [0.25, 0.3) is 11.1 Å². The van der Waals surface area contributed by atoms with Gasteiger partial charge in [-0.25, -0.2) is 4.39 Å². The molecule has 0 fully saturated rings. The Morgan fingerprint density at radius 1 is 1.28 bits per heavy atom. The summed E-state index contributed by atoms with van der Waals surface area (Å²) in [6.07, 6.45) is 1.56. The molecule has 0 aliphatic carbocycles. The van der Waals surface area contributed by atoms with Gasteiger partial charge in [-0.1, -0.05) is 0 Å². The summed E-state index contributed by atoms with van der Waals surface area (Å²) in [5, 5.41) is 6.48. The number of aromatic nitrogens is 2. The second-order valence-electron chi connectivity index (χ2n) is 3.71. The number of aromatic amines is 1. The van der Waals surface area contributed by atoms with Crippen molar-refractivity contribution in [1.29, 1.82) is 0 Å². The molecule has 2 aromatic rings. The van der Waals surface area contributed by atoms with Crippen LogP contribution >= 0.6 is 0 Å². The molecule has 1 aromatic carbocycles. The Hall–Kier alpha value is -2.24. The molecule has 0 saturated heterocycles. The Kier molecular flexibility index (Phi) is 3.36. The number of ether oxygens (including phenoxy) is 2. The average molecular weight is 251 g/mol. The van der Waals surface area contributed by atoms with Gasteiger partial charge in [-0.3, -0.25) is 5.10 Å². The third-order valence-electron chi connectivity index (χ3n) is 2.65. The monoisotopic (exact) mass is 251 g/mol. The van der Waals surface area contributed by atoms with Crippen molar-refractivity contribution in [2.45, 2.75) is 6.67 Å². The fourth-order valence-corrected chi connectivity index (χ4v) is 1.81. The second-order valence-corrected chi connectivity index (χ2v) is 3.71. The first-order chi connectivity index (χ1) is 8.71. The van der Waals surface area contributed by atoms with Crippen LogP contribution in [0.4, 0.5) is 10.2 Å². The van der Waals surface area contributed by atoms with E-state index in [4.69, 9.17) is 15.2 Å². The van der Waals surface area contributed by atoms with Crippen LogP contribution < -0.4 is 15.2 Å². The maximum atomic E-state index is 12.8. The number of nitrogens with one attached hydrogen (secondary N) is 1. The van der Waals surface area contributed by atoms with E-state index in [9.17, 15) is 4.39 Å². The summed E-state index contributed by atoms with van der Waals surface area (Å²) in [7, 11) is 3.02. The number of rotatable bonds is 4. The summed E-state index contributed by atoms with van der Waals surface area (Å²) in [6.45, 7) is -0.592. The van der Waals surface area contributed by atoms with E-state index in [0.717, 1.165) is 0 Å². The van der Waals surface area contributed by atoms with Crippen molar-refractivity contribution in [3.63, 3.8) is 0 Å². The van der Waals surface area contributed by atoms with E-state index < -0.39 is 6.67 Å². The molecule has 0 radical (unpaired) electrons. The first-order valence-corrected chi connectivity index (χ1v) is 5.31. The van der Waals surface area contributed by atoms with Crippen molar-refractivity contribution in [3.05, 3.63) is 23.9 Å². The van der Waals surface area contributed by atoms with E-state index in [0.29, 0.717) is 34.0 Å². The van der Waals surface area contributed by atoms with Crippen molar-refractivity contribution in [2.24, 2.45) is 0 Å². The van der Waals surface area contributed by atoms with Crippen molar-refractivity contribution in [3.8, 4) is 22.6 Å². The fraction of sp³-hybridized carbons (Fsp3) is 0.250. The number of H-pyrrole nitrogens is 1. The summed E-state index contributed by atoms with van der Waals surface area (Å²) < 4.78 is 23.3. The van der Waals surface area contributed by atoms with Gasteiger partial charge in [-0.15, -0.1) is 0 Å². The van der Waals surface area contributed by atoms with Gasteiger partial charge in [0.15, 0.2) is 11.5 Å². The van der Waals surface area contributed by atoms with Crippen LogP contribution in [0.1, 0.15) is 5.56 Å². The fourth-order valence-electron chi connectivity index (χ4n) is 1.81. The third-order valence-corrected chi connectivity index (χ3v) is 2.65. The number of hydrogen-bond acceptors (Lipinski definition) is 4. The smallest absolute Gasteiger partial charge is 0.168 e. The molecule has 1 aromatic heterocycles. The molecule has 0 bridgehead atoms.